The number of nitrogens with one attached hydrogen (secondary N) is 1. The van der Waals surface area contributed by atoms with Crippen LogP contribution in [0.3, 0.4) is 0 Å². The molecular formula is C12H18N2O4. The highest BCUT2D eigenvalue weighted by Gasteiger charge is 2.15. The Balaban J connectivity index is 2.42. The molecule has 0 aliphatic rings. The van der Waals surface area contributed by atoms with Crippen molar-refractivity contribution in [2.45, 2.75) is 39.0 Å². The van der Waals surface area contributed by atoms with E-state index in [4.69, 9.17) is 9.63 Å². The molecule has 0 saturated heterocycles. The molecule has 0 fully saturated rings. The molecule has 0 radical (unpaired) electrons. The first-order valence-corrected chi connectivity index (χ1v) is 6.01. The largest absolute Gasteiger partial charge is 0.481 e. The van der Waals surface area contributed by atoms with E-state index >= 15 is 0 Å². The van der Waals surface area contributed by atoms with Gasteiger partial charge in [0.25, 0.3) is 5.91 Å². The van der Waals surface area contributed by atoms with Crippen LogP contribution in [-0.2, 0) is 4.79 Å². The van der Waals surface area contributed by atoms with Gasteiger partial charge in [-0.2, -0.15) is 0 Å². The van der Waals surface area contributed by atoms with Crippen molar-refractivity contribution in [2.24, 2.45) is 0 Å². The van der Waals surface area contributed by atoms with E-state index in [-0.39, 0.29) is 24.0 Å². The number of carbonyl (C=O) groups is 2. The van der Waals surface area contributed by atoms with E-state index in [1.54, 1.807) is 6.07 Å². The monoisotopic (exact) mass is 254 g/mol. The Morgan fingerprint density at radius 1 is 1.56 bits per heavy atom. The minimum absolute atomic E-state index is 0.0365. The lowest BCUT2D eigenvalue weighted by Crippen LogP contribution is -2.24. The third-order valence-electron chi connectivity index (χ3n) is 2.72. The zero-order valence-electron chi connectivity index (χ0n) is 10.6. The Bertz CT molecular complexity index is 414. The summed E-state index contributed by atoms with van der Waals surface area (Å²) in [5, 5.41) is 14.9. The van der Waals surface area contributed by atoms with Crippen molar-refractivity contribution in [3.8, 4) is 0 Å². The van der Waals surface area contributed by atoms with Crippen LogP contribution in [-0.4, -0.2) is 28.7 Å². The minimum atomic E-state index is -0.872. The van der Waals surface area contributed by atoms with Crippen LogP contribution in [0.25, 0.3) is 0 Å². The zero-order chi connectivity index (χ0) is 13.5. The molecule has 100 valence electrons. The van der Waals surface area contributed by atoms with E-state index < -0.39 is 5.97 Å². The van der Waals surface area contributed by atoms with E-state index in [0.29, 0.717) is 13.0 Å². The van der Waals surface area contributed by atoms with Gasteiger partial charge in [-0.1, -0.05) is 19.0 Å². The topological polar surface area (TPSA) is 92.4 Å². The molecule has 2 N–H and O–H groups in total. The lowest BCUT2D eigenvalue weighted by Gasteiger charge is -2.01. The van der Waals surface area contributed by atoms with Crippen molar-refractivity contribution >= 4 is 11.9 Å². The number of aliphatic carboxylic acids is 1. The molecular weight excluding hydrogens is 236 g/mol. The molecule has 1 heterocycles. The first-order valence-electron chi connectivity index (χ1n) is 6.01. The van der Waals surface area contributed by atoms with Gasteiger partial charge in [0.2, 0.25) is 5.76 Å². The molecule has 0 bridgehead atoms. The van der Waals surface area contributed by atoms with Gasteiger partial charge in [-0.15, -0.1) is 0 Å². The third-order valence-corrected chi connectivity index (χ3v) is 2.72. The highest BCUT2D eigenvalue weighted by Crippen LogP contribution is 2.17. The van der Waals surface area contributed by atoms with E-state index in [1.165, 1.54) is 0 Å². The molecule has 1 aromatic rings. The number of carbonyl (C=O) groups excluding carboxylic acids is 1. The highest BCUT2D eigenvalue weighted by molar-refractivity contribution is 5.91. The van der Waals surface area contributed by atoms with Gasteiger partial charge in [-0.3, -0.25) is 9.59 Å². The Kier molecular flexibility index (Phi) is 5.35. The number of hydrogen-bond acceptors (Lipinski definition) is 4. The van der Waals surface area contributed by atoms with Crippen LogP contribution in [0.2, 0.25) is 0 Å². The van der Waals surface area contributed by atoms with Gasteiger partial charge in [-0.05, 0) is 12.8 Å². The minimum Gasteiger partial charge on any atom is -0.481 e. The van der Waals surface area contributed by atoms with Gasteiger partial charge < -0.3 is 14.9 Å². The van der Waals surface area contributed by atoms with E-state index in [2.05, 4.69) is 10.5 Å². The molecule has 6 heteroatoms. The molecule has 0 aromatic carbocycles. The van der Waals surface area contributed by atoms with E-state index in [0.717, 1.165) is 12.1 Å². The molecule has 1 unspecified atom stereocenters. The average Bonchev–Trinajstić information content (AvgIpc) is 2.82. The molecule has 18 heavy (non-hydrogen) atoms. The fraction of sp³-hybridized carbons (Fsp3) is 0.583. The lowest BCUT2D eigenvalue weighted by molar-refractivity contribution is -0.137. The predicted molar refractivity (Wildman–Crippen MR) is 64.4 cm³/mol. The predicted octanol–water partition coefficient (Wildman–Crippen LogP) is 1.78. The second-order valence-electron chi connectivity index (χ2n) is 4.18. The average molecular weight is 254 g/mol. The number of amides is 1. The van der Waals surface area contributed by atoms with Crippen molar-refractivity contribution in [1.29, 1.82) is 0 Å². The van der Waals surface area contributed by atoms with Gasteiger partial charge in [-0.25, -0.2) is 0 Å². The maximum atomic E-state index is 11.6. The molecule has 1 aromatic heterocycles. The number of rotatable bonds is 7. The number of carboxylic acid groups (broad SMARTS) is 1. The van der Waals surface area contributed by atoms with Crippen LogP contribution >= 0.6 is 0 Å². The Hall–Kier alpha value is -1.85. The molecule has 0 aliphatic heterocycles. The van der Waals surface area contributed by atoms with E-state index in [1.807, 2.05) is 13.8 Å². The molecule has 0 aliphatic carbocycles. The van der Waals surface area contributed by atoms with E-state index in [9.17, 15) is 9.59 Å². The van der Waals surface area contributed by atoms with Gasteiger partial charge in [0, 0.05) is 24.9 Å². The zero-order valence-corrected chi connectivity index (χ0v) is 10.6. The first kappa shape index (κ1) is 14.2. The van der Waals surface area contributed by atoms with Gasteiger partial charge in [0.1, 0.15) is 0 Å². The quantitative estimate of drug-likeness (QED) is 0.723. The Labute approximate surface area is 105 Å². The van der Waals surface area contributed by atoms with Crippen molar-refractivity contribution in [3.63, 3.8) is 0 Å². The summed E-state index contributed by atoms with van der Waals surface area (Å²) in [6.07, 6.45) is 1.36. The van der Waals surface area contributed by atoms with Crippen LogP contribution in [0.5, 0.6) is 0 Å². The van der Waals surface area contributed by atoms with Crippen LogP contribution in [0.1, 0.15) is 55.3 Å². The van der Waals surface area contributed by atoms with Crippen molar-refractivity contribution in [3.05, 3.63) is 17.5 Å². The summed E-state index contributed by atoms with van der Waals surface area (Å²) in [4.78, 5) is 21.9. The normalized spacial score (nSPS) is 12.1. The molecule has 1 atom stereocenters. The lowest BCUT2D eigenvalue weighted by atomic mass is 10.1. The Morgan fingerprint density at radius 3 is 2.89 bits per heavy atom. The van der Waals surface area contributed by atoms with Gasteiger partial charge >= 0.3 is 5.97 Å². The van der Waals surface area contributed by atoms with Crippen LogP contribution in [0.4, 0.5) is 0 Å². The van der Waals surface area contributed by atoms with Gasteiger partial charge in [0.05, 0.1) is 5.69 Å². The highest BCUT2D eigenvalue weighted by atomic mass is 16.5. The summed E-state index contributed by atoms with van der Waals surface area (Å²) >= 11 is 0. The second-order valence-corrected chi connectivity index (χ2v) is 4.18. The third kappa shape index (κ3) is 4.20. The molecule has 0 saturated carbocycles. The van der Waals surface area contributed by atoms with Gasteiger partial charge in [0.15, 0.2) is 0 Å². The summed E-state index contributed by atoms with van der Waals surface area (Å²) in [6.45, 7) is 4.35. The number of hydrogen-bond donors (Lipinski definition) is 2. The fourth-order valence-corrected chi connectivity index (χ4v) is 1.37. The maximum absolute atomic E-state index is 11.6. The molecule has 1 amide bonds. The number of nitrogens with zero attached hydrogens (tertiary/aromatic N) is 1. The standard InChI is InChI=1S/C12H18N2O4/c1-3-8(2)9-7-10(18-14-9)12(17)13-6-4-5-11(15)16/h7-8H,3-6H2,1-2H3,(H,13,17)(H,15,16). The summed E-state index contributed by atoms with van der Waals surface area (Å²) in [7, 11) is 0. The van der Waals surface area contributed by atoms with Crippen molar-refractivity contribution in [1.82, 2.24) is 10.5 Å². The van der Waals surface area contributed by atoms with Crippen LogP contribution < -0.4 is 5.32 Å². The first-order chi connectivity index (χ1) is 8.54. The second kappa shape index (κ2) is 6.78. The summed E-state index contributed by atoms with van der Waals surface area (Å²) in [5.74, 6) is -0.812. The summed E-state index contributed by atoms with van der Waals surface area (Å²) in [6, 6.07) is 1.63. The van der Waals surface area contributed by atoms with Crippen LogP contribution in [0.15, 0.2) is 10.6 Å². The summed E-state index contributed by atoms with van der Waals surface area (Å²) in [5.41, 5.74) is 0.758. The maximum Gasteiger partial charge on any atom is 0.303 e. The van der Waals surface area contributed by atoms with Crippen molar-refractivity contribution < 1.29 is 19.2 Å². The fourth-order valence-electron chi connectivity index (χ4n) is 1.37. The Morgan fingerprint density at radius 2 is 2.28 bits per heavy atom. The molecule has 1 rings (SSSR count). The number of carboxylic acids is 1. The van der Waals surface area contributed by atoms with Crippen LogP contribution in [0, 0.1) is 0 Å². The SMILES string of the molecule is CCC(C)c1cc(C(=O)NCCCC(=O)O)on1. The number of aromatic nitrogens is 1. The molecule has 6 nitrogen and oxygen atoms in total. The molecule has 0 spiro atoms. The smallest absolute Gasteiger partial charge is 0.303 e. The summed E-state index contributed by atoms with van der Waals surface area (Å²) < 4.78 is 4.95. The van der Waals surface area contributed by atoms with Crippen molar-refractivity contribution in [2.75, 3.05) is 6.54 Å².